The molecule has 1 aromatic carbocycles. The lowest BCUT2D eigenvalue weighted by Crippen LogP contribution is -2.08. The molecule has 6 nitrogen and oxygen atoms in total. The molecule has 0 saturated heterocycles. The maximum absolute atomic E-state index is 8.89. The molecule has 0 atom stereocenters. The number of aromatic nitrogens is 4. The molecule has 0 aliphatic rings. The fourth-order valence-corrected chi connectivity index (χ4v) is 2.11. The molecular weight excluding hydrogens is 278 g/mol. The van der Waals surface area contributed by atoms with Crippen LogP contribution in [0.4, 0.5) is 5.82 Å². The molecule has 20 heavy (non-hydrogen) atoms. The predicted octanol–water partition coefficient (Wildman–Crippen LogP) is 1.87. The first-order chi connectivity index (χ1) is 9.79. The quantitative estimate of drug-likeness (QED) is 0.717. The van der Waals surface area contributed by atoms with Gasteiger partial charge in [-0.1, -0.05) is 18.2 Å². The minimum absolute atomic E-state index is 0.00986. The van der Waals surface area contributed by atoms with Gasteiger partial charge in [-0.25, -0.2) is 4.68 Å². The van der Waals surface area contributed by atoms with E-state index in [0.29, 0.717) is 18.0 Å². The second-order valence-corrected chi connectivity index (χ2v) is 4.46. The summed E-state index contributed by atoms with van der Waals surface area (Å²) in [5, 5.41) is 17.1. The Morgan fingerprint density at radius 1 is 1.20 bits per heavy atom. The number of fused-ring (bicyclic) bond motifs is 1. The van der Waals surface area contributed by atoms with E-state index < -0.39 is 0 Å². The highest BCUT2D eigenvalue weighted by Gasteiger charge is 2.12. The number of para-hydroxylation sites is 1. The molecule has 0 fully saturated rings. The van der Waals surface area contributed by atoms with Gasteiger partial charge in [0.2, 0.25) is 5.28 Å². The predicted molar refractivity (Wildman–Crippen MR) is 77.2 cm³/mol. The molecule has 0 aliphatic carbocycles. The maximum Gasteiger partial charge on any atom is 0.226 e. The van der Waals surface area contributed by atoms with Crippen LogP contribution in [0.3, 0.4) is 0 Å². The molecule has 0 spiro atoms. The third-order valence-electron chi connectivity index (χ3n) is 2.81. The summed E-state index contributed by atoms with van der Waals surface area (Å²) >= 11 is 5.95. The van der Waals surface area contributed by atoms with Gasteiger partial charge in [0, 0.05) is 6.54 Å². The first-order valence-electron chi connectivity index (χ1n) is 6.11. The van der Waals surface area contributed by atoms with E-state index in [4.69, 9.17) is 16.7 Å². The normalized spacial score (nSPS) is 10.9. The molecular formula is C13H12ClN5O. The Balaban J connectivity index is 2.15. The number of halogens is 1. The van der Waals surface area contributed by atoms with Crippen LogP contribution in [0.2, 0.25) is 5.28 Å². The standard InChI is InChI=1S/C13H12ClN5O/c14-13-17-11(15-6-7-20)10-8-16-19(12(10)18-13)9-4-2-1-3-5-9/h1-5,8,20H,6-7H2,(H,15,17,18). The monoisotopic (exact) mass is 289 g/mol. The fourth-order valence-electron chi connectivity index (χ4n) is 1.95. The first kappa shape index (κ1) is 12.8. The van der Waals surface area contributed by atoms with Crippen LogP contribution in [0.15, 0.2) is 36.5 Å². The second kappa shape index (κ2) is 5.44. The van der Waals surface area contributed by atoms with E-state index in [1.165, 1.54) is 0 Å². The van der Waals surface area contributed by atoms with Crippen LogP contribution in [-0.4, -0.2) is 38.0 Å². The number of anilines is 1. The number of benzene rings is 1. The zero-order valence-corrected chi connectivity index (χ0v) is 11.2. The van der Waals surface area contributed by atoms with Gasteiger partial charge in [0.25, 0.3) is 0 Å². The van der Waals surface area contributed by atoms with Crippen molar-refractivity contribution in [2.45, 2.75) is 0 Å². The molecule has 3 aromatic rings. The number of hydrogen-bond donors (Lipinski definition) is 2. The van der Waals surface area contributed by atoms with Crippen molar-refractivity contribution in [3.8, 4) is 5.69 Å². The largest absolute Gasteiger partial charge is 0.395 e. The van der Waals surface area contributed by atoms with Crippen LogP contribution >= 0.6 is 11.6 Å². The lowest BCUT2D eigenvalue weighted by atomic mass is 10.3. The Bertz CT molecular complexity index is 728. The number of hydrogen-bond acceptors (Lipinski definition) is 5. The fraction of sp³-hybridized carbons (Fsp3) is 0.154. The van der Waals surface area contributed by atoms with E-state index in [0.717, 1.165) is 11.1 Å². The lowest BCUT2D eigenvalue weighted by molar-refractivity contribution is 0.311. The zero-order chi connectivity index (χ0) is 13.9. The van der Waals surface area contributed by atoms with Crippen LogP contribution in [0.25, 0.3) is 16.7 Å². The molecule has 3 rings (SSSR count). The smallest absolute Gasteiger partial charge is 0.226 e. The maximum atomic E-state index is 8.89. The van der Waals surface area contributed by atoms with Crippen LogP contribution in [-0.2, 0) is 0 Å². The van der Waals surface area contributed by atoms with Gasteiger partial charge in [0.15, 0.2) is 5.65 Å². The average Bonchev–Trinajstić information content (AvgIpc) is 2.89. The Morgan fingerprint density at radius 2 is 2.00 bits per heavy atom. The van der Waals surface area contributed by atoms with Crippen molar-refractivity contribution in [2.24, 2.45) is 0 Å². The van der Waals surface area contributed by atoms with Crippen LogP contribution < -0.4 is 5.32 Å². The summed E-state index contributed by atoms with van der Waals surface area (Å²) in [6.07, 6.45) is 1.68. The highest BCUT2D eigenvalue weighted by Crippen LogP contribution is 2.23. The van der Waals surface area contributed by atoms with Crippen LogP contribution in [0.1, 0.15) is 0 Å². The van der Waals surface area contributed by atoms with E-state index in [1.807, 2.05) is 30.3 Å². The van der Waals surface area contributed by atoms with Crippen molar-refractivity contribution < 1.29 is 5.11 Å². The first-order valence-corrected chi connectivity index (χ1v) is 6.49. The topological polar surface area (TPSA) is 75.9 Å². The number of aliphatic hydroxyl groups excluding tert-OH is 1. The van der Waals surface area contributed by atoms with Crippen molar-refractivity contribution in [2.75, 3.05) is 18.5 Å². The molecule has 102 valence electrons. The molecule has 2 aromatic heterocycles. The zero-order valence-electron chi connectivity index (χ0n) is 10.5. The summed E-state index contributed by atoms with van der Waals surface area (Å²) in [5.74, 6) is 0.566. The van der Waals surface area contributed by atoms with Crippen molar-refractivity contribution in [1.29, 1.82) is 0 Å². The molecule has 2 heterocycles. The SMILES string of the molecule is OCCNc1nc(Cl)nc2c1cnn2-c1ccccc1. The summed E-state index contributed by atoms with van der Waals surface area (Å²) < 4.78 is 1.70. The molecule has 0 amide bonds. The number of aliphatic hydroxyl groups is 1. The third-order valence-corrected chi connectivity index (χ3v) is 2.98. The number of rotatable bonds is 4. The van der Waals surface area contributed by atoms with Gasteiger partial charge in [-0.2, -0.15) is 15.1 Å². The highest BCUT2D eigenvalue weighted by atomic mass is 35.5. The molecule has 0 unspecified atom stereocenters. The van der Waals surface area contributed by atoms with Gasteiger partial charge >= 0.3 is 0 Å². The van der Waals surface area contributed by atoms with E-state index in [9.17, 15) is 0 Å². The second-order valence-electron chi connectivity index (χ2n) is 4.12. The van der Waals surface area contributed by atoms with Crippen molar-refractivity contribution in [3.63, 3.8) is 0 Å². The van der Waals surface area contributed by atoms with Crippen molar-refractivity contribution in [1.82, 2.24) is 19.7 Å². The summed E-state index contributed by atoms with van der Waals surface area (Å²) in [4.78, 5) is 8.36. The Labute approximate surface area is 120 Å². The van der Waals surface area contributed by atoms with Gasteiger partial charge in [0.05, 0.1) is 23.9 Å². The molecule has 0 saturated carbocycles. The van der Waals surface area contributed by atoms with Gasteiger partial charge in [-0.3, -0.25) is 0 Å². The van der Waals surface area contributed by atoms with E-state index in [2.05, 4.69) is 20.4 Å². The highest BCUT2D eigenvalue weighted by molar-refractivity contribution is 6.28. The van der Waals surface area contributed by atoms with Gasteiger partial charge in [-0.15, -0.1) is 0 Å². The Hall–Kier alpha value is -2.18. The molecule has 0 bridgehead atoms. The summed E-state index contributed by atoms with van der Waals surface area (Å²) in [5.41, 5.74) is 1.52. The summed E-state index contributed by atoms with van der Waals surface area (Å²) in [6, 6.07) is 9.66. The number of nitrogens with one attached hydrogen (secondary N) is 1. The Morgan fingerprint density at radius 3 is 2.75 bits per heavy atom. The van der Waals surface area contributed by atoms with Gasteiger partial charge in [-0.05, 0) is 23.7 Å². The van der Waals surface area contributed by atoms with Gasteiger partial charge < -0.3 is 10.4 Å². The van der Waals surface area contributed by atoms with E-state index in [1.54, 1.807) is 10.9 Å². The van der Waals surface area contributed by atoms with Crippen molar-refractivity contribution in [3.05, 3.63) is 41.8 Å². The summed E-state index contributed by atoms with van der Waals surface area (Å²) in [6.45, 7) is 0.398. The van der Waals surface area contributed by atoms with Crippen molar-refractivity contribution >= 4 is 28.5 Å². The molecule has 0 aliphatic heterocycles. The van der Waals surface area contributed by atoms with Gasteiger partial charge in [0.1, 0.15) is 5.82 Å². The third kappa shape index (κ3) is 2.31. The number of nitrogens with zero attached hydrogens (tertiary/aromatic N) is 4. The molecule has 7 heteroatoms. The van der Waals surface area contributed by atoms with E-state index in [-0.39, 0.29) is 11.9 Å². The van der Waals surface area contributed by atoms with E-state index >= 15 is 0 Å². The minimum Gasteiger partial charge on any atom is -0.395 e. The summed E-state index contributed by atoms with van der Waals surface area (Å²) in [7, 11) is 0. The van der Waals surface area contributed by atoms with Crippen LogP contribution in [0.5, 0.6) is 0 Å². The lowest BCUT2D eigenvalue weighted by Gasteiger charge is -2.06. The minimum atomic E-state index is 0.00986. The van der Waals surface area contributed by atoms with Crippen LogP contribution in [0, 0.1) is 0 Å². The Kier molecular flexibility index (Phi) is 3.49. The average molecular weight is 290 g/mol. The molecule has 2 N–H and O–H groups in total. The molecule has 0 radical (unpaired) electrons.